The molecule has 2 aromatic rings. The van der Waals surface area contributed by atoms with Crippen LogP contribution >= 0.6 is 23.2 Å². The standard InChI is InChI=1S/C24H25Cl2N3O/c1-5-29-22-9-6-16(11-19(22)15(2)13-24(29,3)4)10-17(14-27)23(30)28-18-7-8-20(25)21(26)12-18/h6-12,15H,5,13H2,1-4H3,(H,28,30)/b17-10-/t15-/m1/s1. The Bertz CT molecular complexity index is 1050. The van der Waals surface area contributed by atoms with Gasteiger partial charge in [0, 0.05) is 23.5 Å². The number of hydrogen-bond acceptors (Lipinski definition) is 3. The summed E-state index contributed by atoms with van der Waals surface area (Å²) in [5.74, 6) is -0.0975. The van der Waals surface area contributed by atoms with Gasteiger partial charge < -0.3 is 10.2 Å². The SMILES string of the molecule is CCN1c2ccc(/C=C(/C#N)C(=O)Nc3ccc(Cl)c(Cl)c3)cc2[C@H](C)CC1(C)C. The zero-order chi connectivity index (χ0) is 22.1. The van der Waals surface area contributed by atoms with Crippen molar-refractivity contribution in [3.63, 3.8) is 0 Å². The van der Waals surface area contributed by atoms with E-state index in [1.54, 1.807) is 24.3 Å². The molecule has 156 valence electrons. The van der Waals surface area contributed by atoms with Crippen LogP contribution in [-0.2, 0) is 4.79 Å². The van der Waals surface area contributed by atoms with Crippen molar-refractivity contribution in [2.45, 2.75) is 45.6 Å². The van der Waals surface area contributed by atoms with E-state index in [1.165, 1.54) is 11.3 Å². The number of anilines is 2. The molecule has 1 aliphatic heterocycles. The highest BCUT2D eigenvalue weighted by Gasteiger charge is 2.35. The average Bonchev–Trinajstić information content (AvgIpc) is 2.68. The molecule has 1 N–H and O–H groups in total. The van der Waals surface area contributed by atoms with Crippen LogP contribution in [0.15, 0.2) is 42.0 Å². The molecule has 6 heteroatoms. The molecule has 0 saturated carbocycles. The van der Waals surface area contributed by atoms with Gasteiger partial charge in [0.1, 0.15) is 11.6 Å². The van der Waals surface area contributed by atoms with E-state index >= 15 is 0 Å². The first-order valence-corrected chi connectivity index (χ1v) is 10.7. The number of halogens is 2. The van der Waals surface area contributed by atoms with E-state index in [1.807, 2.05) is 12.1 Å². The number of nitrogens with zero attached hydrogens (tertiary/aromatic N) is 2. The minimum atomic E-state index is -0.488. The first-order chi connectivity index (χ1) is 14.2. The van der Waals surface area contributed by atoms with Gasteiger partial charge in [0.2, 0.25) is 0 Å². The number of carbonyl (C=O) groups excluding carboxylic acids is 1. The zero-order valence-electron chi connectivity index (χ0n) is 17.6. The summed E-state index contributed by atoms with van der Waals surface area (Å²) in [6.45, 7) is 9.85. The lowest BCUT2D eigenvalue weighted by molar-refractivity contribution is -0.112. The van der Waals surface area contributed by atoms with E-state index in [4.69, 9.17) is 23.2 Å². The molecule has 0 unspecified atom stereocenters. The number of carbonyl (C=O) groups is 1. The van der Waals surface area contributed by atoms with E-state index in [-0.39, 0.29) is 11.1 Å². The molecule has 30 heavy (non-hydrogen) atoms. The van der Waals surface area contributed by atoms with Gasteiger partial charge in [-0.3, -0.25) is 4.79 Å². The number of benzene rings is 2. The van der Waals surface area contributed by atoms with Crippen molar-refractivity contribution in [1.82, 2.24) is 0 Å². The molecule has 1 atom stereocenters. The Morgan fingerprint density at radius 2 is 2.00 bits per heavy atom. The average molecular weight is 442 g/mol. The summed E-state index contributed by atoms with van der Waals surface area (Å²) in [7, 11) is 0. The number of nitriles is 1. The number of hydrogen-bond donors (Lipinski definition) is 1. The van der Waals surface area contributed by atoms with Crippen LogP contribution in [0.25, 0.3) is 6.08 Å². The lowest BCUT2D eigenvalue weighted by Crippen LogP contribution is -2.48. The second-order valence-electron chi connectivity index (χ2n) is 8.23. The quantitative estimate of drug-likeness (QED) is 0.426. The van der Waals surface area contributed by atoms with E-state index in [2.05, 4.69) is 50.0 Å². The summed E-state index contributed by atoms with van der Waals surface area (Å²) in [6.07, 6.45) is 2.67. The molecule has 2 aromatic carbocycles. The Hall–Kier alpha value is -2.48. The first-order valence-electron chi connectivity index (χ1n) is 9.96. The lowest BCUT2D eigenvalue weighted by atomic mass is 9.79. The Morgan fingerprint density at radius 3 is 2.63 bits per heavy atom. The lowest BCUT2D eigenvalue weighted by Gasteiger charge is -2.47. The molecule has 3 rings (SSSR count). The molecule has 0 spiro atoms. The second-order valence-corrected chi connectivity index (χ2v) is 9.05. The molecule has 4 nitrogen and oxygen atoms in total. The summed E-state index contributed by atoms with van der Waals surface area (Å²) < 4.78 is 0. The van der Waals surface area contributed by atoms with Crippen molar-refractivity contribution in [1.29, 1.82) is 5.26 Å². The van der Waals surface area contributed by atoms with Gasteiger partial charge >= 0.3 is 0 Å². The topological polar surface area (TPSA) is 56.1 Å². The van der Waals surface area contributed by atoms with Gasteiger partial charge in [0.25, 0.3) is 5.91 Å². The van der Waals surface area contributed by atoms with Gasteiger partial charge in [0.05, 0.1) is 10.0 Å². The van der Waals surface area contributed by atoms with Gasteiger partial charge in [-0.05, 0) is 80.6 Å². The van der Waals surface area contributed by atoms with Crippen LogP contribution in [0.3, 0.4) is 0 Å². The smallest absolute Gasteiger partial charge is 0.266 e. The number of nitrogens with one attached hydrogen (secondary N) is 1. The van der Waals surface area contributed by atoms with Gasteiger partial charge in [-0.25, -0.2) is 0 Å². The minimum absolute atomic E-state index is 0.0252. The van der Waals surface area contributed by atoms with Crippen LogP contribution in [-0.4, -0.2) is 18.0 Å². The third kappa shape index (κ3) is 4.48. The van der Waals surface area contributed by atoms with Crippen LogP contribution < -0.4 is 10.2 Å². The van der Waals surface area contributed by atoms with Crippen LogP contribution in [0.4, 0.5) is 11.4 Å². The van der Waals surface area contributed by atoms with Crippen molar-refractivity contribution in [3.05, 3.63) is 63.1 Å². The minimum Gasteiger partial charge on any atom is -0.366 e. The van der Waals surface area contributed by atoms with Crippen LogP contribution in [0, 0.1) is 11.3 Å². The molecule has 0 aliphatic carbocycles. The Labute approximate surface area is 188 Å². The summed E-state index contributed by atoms with van der Waals surface area (Å²) in [5.41, 5.74) is 3.89. The molecule has 1 amide bonds. The van der Waals surface area contributed by atoms with E-state index < -0.39 is 5.91 Å². The van der Waals surface area contributed by atoms with E-state index in [0.717, 1.165) is 18.5 Å². The molecule has 0 aromatic heterocycles. The van der Waals surface area contributed by atoms with Crippen LogP contribution in [0.1, 0.15) is 51.2 Å². The Kier molecular flexibility index (Phi) is 6.45. The maximum absolute atomic E-state index is 12.6. The first kappa shape index (κ1) is 22.2. The molecular formula is C24H25Cl2N3O. The summed E-state index contributed by atoms with van der Waals surface area (Å²) in [5, 5.41) is 13.0. The van der Waals surface area contributed by atoms with Crippen LogP contribution in [0.5, 0.6) is 0 Å². The predicted octanol–water partition coefficient (Wildman–Crippen LogP) is 6.65. The largest absolute Gasteiger partial charge is 0.366 e. The second kappa shape index (κ2) is 8.71. The third-order valence-corrected chi connectivity index (χ3v) is 6.32. The number of rotatable bonds is 4. The highest BCUT2D eigenvalue weighted by Crippen LogP contribution is 2.43. The molecule has 0 fully saturated rings. The molecule has 1 aliphatic rings. The fraction of sp³-hybridized carbons (Fsp3) is 0.333. The predicted molar refractivity (Wildman–Crippen MR) is 125 cm³/mol. The highest BCUT2D eigenvalue weighted by atomic mass is 35.5. The van der Waals surface area contributed by atoms with Crippen molar-refractivity contribution in [3.8, 4) is 6.07 Å². The maximum atomic E-state index is 12.6. The summed E-state index contributed by atoms with van der Waals surface area (Å²) in [4.78, 5) is 15.0. The Morgan fingerprint density at radius 1 is 1.27 bits per heavy atom. The summed E-state index contributed by atoms with van der Waals surface area (Å²) >= 11 is 11.9. The molecule has 0 radical (unpaired) electrons. The van der Waals surface area contributed by atoms with Crippen molar-refractivity contribution in [2.75, 3.05) is 16.8 Å². The van der Waals surface area contributed by atoms with Crippen molar-refractivity contribution < 1.29 is 4.79 Å². The van der Waals surface area contributed by atoms with Crippen LogP contribution in [0.2, 0.25) is 10.0 Å². The maximum Gasteiger partial charge on any atom is 0.266 e. The molecule has 1 heterocycles. The van der Waals surface area contributed by atoms with Gasteiger partial charge in [-0.2, -0.15) is 5.26 Å². The third-order valence-electron chi connectivity index (χ3n) is 5.58. The van der Waals surface area contributed by atoms with Gasteiger partial charge in [-0.15, -0.1) is 0 Å². The molecule has 0 bridgehead atoms. The van der Waals surface area contributed by atoms with Crippen molar-refractivity contribution in [2.24, 2.45) is 0 Å². The highest BCUT2D eigenvalue weighted by molar-refractivity contribution is 6.42. The molecular weight excluding hydrogens is 417 g/mol. The fourth-order valence-electron chi connectivity index (χ4n) is 4.28. The van der Waals surface area contributed by atoms with E-state index in [9.17, 15) is 10.1 Å². The molecule has 0 saturated heterocycles. The monoisotopic (exact) mass is 441 g/mol. The van der Waals surface area contributed by atoms with Gasteiger partial charge in [-0.1, -0.05) is 36.2 Å². The van der Waals surface area contributed by atoms with Gasteiger partial charge in [0.15, 0.2) is 0 Å². The fourth-order valence-corrected chi connectivity index (χ4v) is 4.58. The number of amides is 1. The Balaban J connectivity index is 1.89. The number of fused-ring (bicyclic) bond motifs is 1. The normalized spacial score (nSPS) is 17.8. The zero-order valence-corrected chi connectivity index (χ0v) is 19.1. The summed E-state index contributed by atoms with van der Waals surface area (Å²) in [6, 6.07) is 12.9. The van der Waals surface area contributed by atoms with E-state index in [0.29, 0.717) is 21.7 Å². The van der Waals surface area contributed by atoms with Crippen molar-refractivity contribution >= 4 is 46.6 Å².